The van der Waals surface area contributed by atoms with E-state index in [-0.39, 0.29) is 17.6 Å². The molecular formula is C16H20N4O2. The van der Waals surface area contributed by atoms with Gasteiger partial charge in [0.1, 0.15) is 11.4 Å². The number of nitrogens with one attached hydrogen (secondary N) is 1. The molecule has 3 heterocycles. The summed E-state index contributed by atoms with van der Waals surface area (Å²) in [5, 5.41) is 7.77. The molecule has 1 aliphatic heterocycles. The van der Waals surface area contributed by atoms with Gasteiger partial charge in [0.2, 0.25) is 0 Å². The predicted molar refractivity (Wildman–Crippen MR) is 82.7 cm³/mol. The Bertz CT molecular complexity index is 679. The van der Waals surface area contributed by atoms with Crippen molar-refractivity contribution in [1.29, 1.82) is 0 Å². The number of pyridine rings is 1. The zero-order chi connectivity index (χ0) is 15.7. The minimum atomic E-state index is -0.353. The highest BCUT2D eigenvalue weighted by Crippen LogP contribution is 2.39. The van der Waals surface area contributed by atoms with Crippen LogP contribution in [0.1, 0.15) is 49.3 Å². The second-order valence-corrected chi connectivity index (χ2v) is 6.01. The summed E-state index contributed by atoms with van der Waals surface area (Å²) in [5.41, 5.74) is 1.21. The van der Waals surface area contributed by atoms with E-state index in [0.717, 1.165) is 12.1 Å². The van der Waals surface area contributed by atoms with Crippen molar-refractivity contribution in [1.82, 2.24) is 14.8 Å². The first-order chi connectivity index (χ1) is 10.5. The first-order valence-electron chi connectivity index (χ1n) is 7.46. The lowest BCUT2D eigenvalue weighted by Crippen LogP contribution is -2.38. The Morgan fingerprint density at radius 3 is 3.00 bits per heavy atom. The Morgan fingerprint density at radius 1 is 1.50 bits per heavy atom. The molecule has 0 spiro atoms. The van der Waals surface area contributed by atoms with Crippen LogP contribution < -0.4 is 5.32 Å². The lowest BCUT2D eigenvalue weighted by Gasteiger charge is -2.37. The number of carbonyl (C=O) groups is 1. The first kappa shape index (κ1) is 14.6. The molecule has 0 aromatic carbocycles. The van der Waals surface area contributed by atoms with Crippen molar-refractivity contribution in [2.75, 3.05) is 11.9 Å². The van der Waals surface area contributed by atoms with Crippen LogP contribution in [0, 0.1) is 0 Å². The van der Waals surface area contributed by atoms with Gasteiger partial charge in [-0.25, -0.2) is 9.48 Å². The molecule has 0 fully saturated rings. The number of anilines is 1. The molecule has 3 rings (SSSR count). The molecule has 2 aromatic heterocycles. The first-order valence-corrected chi connectivity index (χ1v) is 7.46. The van der Waals surface area contributed by atoms with Gasteiger partial charge in [0.15, 0.2) is 0 Å². The van der Waals surface area contributed by atoms with Crippen LogP contribution in [0.15, 0.2) is 30.6 Å². The molecule has 2 aromatic rings. The molecule has 6 heteroatoms. The number of hydrogen-bond acceptors (Lipinski definition) is 5. The van der Waals surface area contributed by atoms with Crippen LogP contribution in [0.5, 0.6) is 0 Å². The number of hydrogen-bond donors (Lipinski definition) is 1. The third-order valence-electron chi connectivity index (χ3n) is 3.90. The number of ether oxygens (including phenoxy) is 1. The van der Waals surface area contributed by atoms with Gasteiger partial charge in [-0.05, 0) is 39.3 Å². The Kier molecular flexibility index (Phi) is 3.60. The highest BCUT2D eigenvalue weighted by Gasteiger charge is 2.37. The summed E-state index contributed by atoms with van der Waals surface area (Å²) in [6.45, 7) is 6.35. The SMILES string of the molecule is CCOC(=O)c1cnn2c1NC(c1ccccn1)CC2(C)C. The molecule has 116 valence electrons. The maximum atomic E-state index is 12.1. The fraction of sp³-hybridized carbons (Fsp3) is 0.438. The lowest BCUT2D eigenvalue weighted by molar-refractivity contribution is 0.0527. The van der Waals surface area contributed by atoms with Crippen molar-refractivity contribution in [3.63, 3.8) is 0 Å². The molecule has 0 bridgehead atoms. The van der Waals surface area contributed by atoms with Crippen LogP contribution in [0.3, 0.4) is 0 Å². The summed E-state index contributed by atoms with van der Waals surface area (Å²) in [4.78, 5) is 16.5. The zero-order valence-electron chi connectivity index (χ0n) is 13.0. The molecule has 0 saturated carbocycles. The van der Waals surface area contributed by atoms with E-state index in [9.17, 15) is 4.79 Å². The van der Waals surface area contributed by atoms with Gasteiger partial charge in [0, 0.05) is 6.20 Å². The molecule has 6 nitrogen and oxygen atoms in total. The lowest BCUT2D eigenvalue weighted by atomic mass is 9.91. The standard InChI is InChI=1S/C16H20N4O2/c1-4-22-15(21)11-10-18-20-14(11)19-13(9-16(20,2)3)12-7-5-6-8-17-12/h5-8,10,13,19H,4,9H2,1-3H3. The van der Waals surface area contributed by atoms with Crippen LogP contribution in [0.25, 0.3) is 0 Å². The summed E-state index contributed by atoms with van der Waals surface area (Å²) < 4.78 is 6.97. The molecule has 1 unspecified atom stereocenters. The molecule has 1 aliphatic rings. The largest absolute Gasteiger partial charge is 0.462 e. The Balaban J connectivity index is 1.99. The highest BCUT2D eigenvalue weighted by atomic mass is 16.5. The van der Waals surface area contributed by atoms with E-state index < -0.39 is 0 Å². The molecule has 0 radical (unpaired) electrons. The quantitative estimate of drug-likeness (QED) is 0.883. The normalized spacial score (nSPS) is 19.1. The number of rotatable bonds is 3. The minimum absolute atomic E-state index is 0.0357. The van der Waals surface area contributed by atoms with Crippen LogP contribution in [0.2, 0.25) is 0 Å². The Morgan fingerprint density at radius 2 is 2.32 bits per heavy atom. The Labute approximate surface area is 129 Å². The van der Waals surface area contributed by atoms with Crippen LogP contribution in [-0.2, 0) is 10.3 Å². The second-order valence-electron chi connectivity index (χ2n) is 6.01. The van der Waals surface area contributed by atoms with Gasteiger partial charge in [-0.3, -0.25) is 4.98 Å². The third kappa shape index (κ3) is 2.45. The van der Waals surface area contributed by atoms with E-state index in [4.69, 9.17) is 4.74 Å². The average molecular weight is 300 g/mol. The van der Waals surface area contributed by atoms with Gasteiger partial charge in [0.25, 0.3) is 0 Å². The van der Waals surface area contributed by atoms with E-state index in [1.807, 2.05) is 22.9 Å². The smallest absolute Gasteiger partial charge is 0.343 e. The maximum Gasteiger partial charge on any atom is 0.343 e. The van der Waals surface area contributed by atoms with Crippen molar-refractivity contribution in [2.24, 2.45) is 0 Å². The molecule has 0 amide bonds. The van der Waals surface area contributed by atoms with Gasteiger partial charge < -0.3 is 10.1 Å². The van der Waals surface area contributed by atoms with Gasteiger partial charge in [-0.1, -0.05) is 6.07 Å². The summed E-state index contributed by atoms with van der Waals surface area (Å²) in [7, 11) is 0. The van der Waals surface area contributed by atoms with Crippen molar-refractivity contribution in [3.05, 3.63) is 41.9 Å². The molecule has 1 N–H and O–H groups in total. The number of esters is 1. The van der Waals surface area contributed by atoms with Crippen LogP contribution in [0.4, 0.5) is 5.82 Å². The highest BCUT2D eigenvalue weighted by molar-refractivity contribution is 5.94. The van der Waals surface area contributed by atoms with E-state index >= 15 is 0 Å². The van der Waals surface area contributed by atoms with Crippen molar-refractivity contribution >= 4 is 11.8 Å². The second kappa shape index (κ2) is 5.44. The third-order valence-corrected chi connectivity index (χ3v) is 3.90. The molecule has 0 aliphatic carbocycles. The van der Waals surface area contributed by atoms with E-state index in [1.54, 1.807) is 19.3 Å². The molecular weight excluding hydrogens is 280 g/mol. The predicted octanol–water partition coefficient (Wildman–Crippen LogP) is 2.75. The monoisotopic (exact) mass is 300 g/mol. The van der Waals surface area contributed by atoms with E-state index in [0.29, 0.717) is 18.0 Å². The fourth-order valence-corrected chi connectivity index (χ4v) is 2.87. The van der Waals surface area contributed by atoms with E-state index in [2.05, 4.69) is 29.2 Å². The minimum Gasteiger partial charge on any atom is -0.462 e. The number of aromatic nitrogens is 3. The fourth-order valence-electron chi connectivity index (χ4n) is 2.87. The molecule has 22 heavy (non-hydrogen) atoms. The molecule has 0 saturated heterocycles. The number of carbonyl (C=O) groups excluding carboxylic acids is 1. The zero-order valence-corrected chi connectivity index (χ0v) is 13.0. The van der Waals surface area contributed by atoms with Crippen LogP contribution in [-0.4, -0.2) is 27.3 Å². The summed E-state index contributed by atoms with van der Waals surface area (Å²) in [6.07, 6.45) is 4.19. The van der Waals surface area contributed by atoms with E-state index in [1.165, 1.54) is 0 Å². The van der Waals surface area contributed by atoms with Crippen molar-refractivity contribution in [3.8, 4) is 0 Å². The van der Waals surface area contributed by atoms with Gasteiger partial charge in [-0.15, -0.1) is 0 Å². The van der Waals surface area contributed by atoms with Crippen molar-refractivity contribution in [2.45, 2.75) is 38.8 Å². The number of fused-ring (bicyclic) bond motifs is 1. The van der Waals surface area contributed by atoms with Gasteiger partial charge in [-0.2, -0.15) is 5.10 Å². The van der Waals surface area contributed by atoms with Crippen molar-refractivity contribution < 1.29 is 9.53 Å². The van der Waals surface area contributed by atoms with Crippen LogP contribution >= 0.6 is 0 Å². The summed E-state index contributed by atoms with van der Waals surface area (Å²) in [5.74, 6) is 0.346. The van der Waals surface area contributed by atoms with Gasteiger partial charge in [0.05, 0.1) is 30.1 Å². The topological polar surface area (TPSA) is 69.0 Å². The van der Waals surface area contributed by atoms with Gasteiger partial charge >= 0.3 is 5.97 Å². The summed E-state index contributed by atoms with van der Waals surface area (Å²) in [6, 6.07) is 5.89. The maximum absolute atomic E-state index is 12.1. The summed E-state index contributed by atoms with van der Waals surface area (Å²) >= 11 is 0. The molecule has 1 atom stereocenters. The Hall–Kier alpha value is -2.37. The average Bonchev–Trinajstić information content (AvgIpc) is 2.93. The number of nitrogens with zero attached hydrogens (tertiary/aromatic N) is 3.